The molecule has 0 N–H and O–H groups in total. The number of aryl methyl sites for hydroxylation is 2. The minimum Gasteiger partial charge on any atom is -0.453 e. The Hall–Kier alpha value is -10.6. The van der Waals surface area contributed by atoms with E-state index in [0.29, 0.717) is 22.6 Å². The van der Waals surface area contributed by atoms with Crippen LogP contribution in [0.5, 0.6) is 11.5 Å². The van der Waals surface area contributed by atoms with Crippen LogP contribution in [0.15, 0.2) is 255 Å². The molecule has 7 heteroatoms. The number of rotatable bonds is 10. The maximum Gasteiger partial charge on any atom is 0.151 e. The minimum atomic E-state index is 0.530. The first kappa shape index (κ1) is 46.2. The van der Waals surface area contributed by atoms with Gasteiger partial charge in [0.25, 0.3) is 0 Å². The molecule has 0 radical (unpaired) electrons. The Morgan fingerprint density at radius 2 is 0.727 bits per heavy atom. The number of fused-ring (bicyclic) bond motifs is 5. The number of nitriles is 2. The van der Waals surface area contributed by atoms with E-state index >= 15 is 0 Å². The average molecular weight is 989 g/mol. The van der Waals surface area contributed by atoms with Crippen LogP contribution in [0.4, 0.5) is 51.2 Å². The second kappa shape index (κ2) is 19.3. The molecule has 0 aliphatic carbocycles. The van der Waals surface area contributed by atoms with E-state index in [-0.39, 0.29) is 0 Å². The fourth-order valence-electron chi connectivity index (χ4n) is 11.0. The number of ether oxygens (including phenoxy) is 1. The highest BCUT2D eigenvalue weighted by atomic mass is 16.5. The highest BCUT2D eigenvalue weighted by molar-refractivity contribution is 6.13. The highest BCUT2D eigenvalue weighted by Gasteiger charge is 2.31. The Kier molecular flexibility index (Phi) is 11.6. The molecule has 11 aromatic carbocycles. The molecule has 2 heterocycles. The van der Waals surface area contributed by atoms with E-state index < -0.39 is 0 Å². The molecule has 1 aliphatic heterocycles. The Bertz CT molecular complexity index is 4040. The van der Waals surface area contributed by atoms with Crippen LogP contribution >= 0.6 is 0 Å². The molecule has 0 fully saturated rings. The molecule has 0 spiro atoms. The summed E-state index contributed by atoms with van der Waals surface area (Å²) in [5.74, 6) is 1.43. The largest absolute Gasteiger partial charge is 0.453 e. The number of nitrogens with zero attached hydrogens (tertiary/aromatic N) is 6. The molecule has 12 aromatic rings. The lowest BCUT2D eigenvalue weighted by Gasteiger charge is -2.35. The first-order chi connectivity index (χ1) is 37.9. The Labute approximate surface area is 447 Å². The van der Waals surface area contributed by atoms with Crippen molar-refractivity contribution >= 4 is 73.0 Å². The molecule has 0 atom stereocenters. The lowest BCUT2D eigenvalue weighted by molar-refractivity contribution is 0.476. The molecule has 0 bridgehead atoms. The third-order valence-corrected chi connectivity index (χ3v) is 14.5. The van der Waals surface area contributed by atoms with Gasteiger partial charge < -0.3 is 24.0 Å². The van der Waals surface area contributed by atoms with Gasteiger partial charge in [0.2, 0.25) is 0 Å². The van der Waals surface area contributed by atoms with Crippen molar-refractivity contribution in [3.63, 3.8) is 0 Å². The van der Waals surface area contributed by atoms with Gasteiger partial charge in [-0.15, -0.1) is 0 Å². The van der Waals surface area contributed by atoms with Crippen molar-refractivity contribution < 1.29 is 4.74 Å². The third kappa shape index (κ3) is 8.17. The number of benzene rings is 11. The van der Waals surface area contributed by atoms with Gasteiger partial charge in [0.1, 0.15) is 0 Å². The minimum absolute atomic E-state index is 0.530. The van der Waals surface area contributed by atoms with Crippen LogP contribution in [0.3, 0.4) is 0 Å². The zero-order valence-corrected chi connectivity index (χ0v) is 42.3. The predicted octanol–water partition coefficient (Wildman–Crippen LogP) is 19.0. The van der Waals surface area contributed by atoms with Crippen molar-refractivity contribution in [3.05, 3.63) is 277 Å². The number of anilines is 9. The maximum absolute atomic E-state index is 11.0. The van der Waals surface area contributed by atoms with Gasteiger partial charge in [-0.1, -0.05) is 121 Å². The van der Waals surface area contributed by atoms with Crippen LogP contribution in [0.2, 0.25) is 0 Å². The van der Waals surface area contributed by atoms with Gasteiger partial charge in [0, 0.05) is 67.2 Å². The summed E-state index contributed by atoms with van der Waals surface area (Å²) in [5, 5.41) is 23.9. The van der Waals surface area contributed by atoms with Gasteiger partial charge in [-0.2, -0.15) is 10.5 Å². The van der Waals surface area contributed by atoms with Gasteiger partial charge in [-0.05, 0) is 158 Å². The van der Waals surface area contributed by atoms with Crippen molar-refractivity contribution in [2.24, 2.45) is 0 Å². The molecule has 1 aliphatic rings. The Morgan fingerprint density at radius 1 is 0.338 bits per heavy atom. The quantitative estimate of drug-likeness (QED) is 0.136. The summed E-state index contributed by atoms with van der Waals surface area (Å²) in [6.07, 6.45) is 0. The summed E-state index contributed by atoms with van der Waals surface area (Å²) in [4.78, 5) is 6.90. The summed E-state index contributed by atoms with van der Waals surface area (Å²) < 4.78 is 9.08. The van der Waals surface area contributed by atoms with Crippen molar-refractivity contribution in [2.75, 3.05) is 14.7 Å². The van der Waals surface area contributed by atoms with E-state index in [0.717, 1.165) is 112 Å². The van der Waals surface area contributed by atoms with Crippen LogP contribution in [-0.2, 0) is 0 Å². The highest BCUT2D eigenvalue weighted by Crippen LogP contribution is 2.55. The SMILES string of the molecule is Cc1ccc2c(c1)N(c1cc(-n3c4ccc(N(c5ccccc5)c5ccccc5)cc4c4cc(N(c5ccccc5)c5ccccc5)ccc43)c(-c3ccccc3C#N)cc1-c1ccccc1C#N)c1cc(C)ccc1O2. The molecule has 13 rings (SSSR count). The standard InChI is InChI=1S/C70H48N6O/c1-47-31-37-69-67(39-47)76(68-40-48(2)32-38-70(68)77-69)66-44-65(61(57-29-17-15-19-49(57)45-71)43-62(66)58-30-18-16-20-50(58)46-72)75-63-35-33-55(73(51-21-7-3-8-22-51)52-23-9-4-10-24-52)41-59(63)60-42-56(34-36-64(60)75)74(53-25-11-5-12-26-53)54-27-13-6-14-28-54/h3-44H,1-2H3. The van der Waals surface area contributed by atoms with Crippen LogP contribution in [0.25, 0.3) is 49.7 Å². The Balaban J connectivity index is 1.17. The second-order valence-electron chi connectivity index (χ2n) is 19.3. The molecule has 0 amide bonds. The molecule has 77 heavy (non-hydrogen) atoms. The maximum atomic E-state index is 11.0. The normalized spacial score (nSPS) is 11.6. The monoisotopic (exact) mass is 988 g/mol. The van der Waals surface area contributed by atoms with Crippen LogP contribution in [0.1, 0.15) is 22.3 Å². The first-order valence-electron chi connectivity index (χ1n) is 25.7. The zero-order chi connectivity index (χ0) is 52.0. The van der Waals surface area contributed by atoms with Gasteiger partial charge in [0.05, 0.1) is 57.0 Å². The molecule has 0 saturated heterocycles. The first-order valence-corrected chi connectivity index (χ1v) is 25.7. The predicted molar refractivity (Wildman–Crippen MR) is 315 cm³/mol. The van der Waals surface area contributed by atoms with E-state index in [4.69, 9.17) is 4.74 Å². The van der Waals surface area contributed by atoms with E-state index in [1.165, 1.54) is 0 Å². The molecule has 7 nitrogen and oxygen atoms in total. The molecule has 0 saturated carbocycles. The zero-order valence-electron chi connectivity index (χ0n) is 42.3. The van der Waals surface area contributed by atoms with Gasteiger partial charge in [-0.25, -0.2) is 0 Å². The van der Waals surface area contributed by atoms with Crippen LogP contribution in [-0.4, -0.2) is 4.57 Å². The van der Waals surface area contributed by atoms with Crippen molar-refractivity contribution in [1.82, 2.24) is 4.57 Å². The van der Waals surface area contributed by atoms with E-state index in [2.05, 4.69) is 215 Å². The number of aromatic nitrogens is 1. The van der Waals surface area contributed by atoms with Crippen molar-refractivity contribution in [3.8, 4) is 51.6 Å². The lowest BCUT2D eigenvalue weighted by Crippen LogP contribution is -2.18. The van der Waals surface area contributed by atoms with E-state index in [9.17, 15) is 10.5 Å². The topological polar surface area (TPSA) is 71.5 Å². The second-order valence-corrected chi connectivity index (χ2v) is 19.3. The summed E-state index contributed by atoms with van der Waals surface area (Å²) >= 11 is 0. The number of para-hydroxylation sites is 4. The summed E-state index contributed by atoms with van der Waals surface area (Å²) in [7, 11) is 0. The van der Waals surface area contributed by atoms with Crippen molar-refractivity contribution in [1.29, 1.82) is 10.5 Å². The third-order valence-electron chi connectivity index (χ3n) is 14.5. The van der Waals surface area contributed by atoms with Crippen LogP contribution < -0.4 is 19.4 Å². The summed E-state index contributed by atoms with van der Waals surface area (Å²) in [6, 6.07) is 93.2. The molecule has 1 aromatic heterocycles. The fraction of sp³-hybridized carbons (Fsp3) is 0.0286. The number of hydrogen-bond acceptors (Lipinski definition) is 6. The average Bonchev–Trinajstić information content (AvgIpc) is 3.81. The van der Waals surface area contributed by atoms with Gasteiger partial charge in [-0.3, -0.25) is 0 Å². The fourth-order valence-corrected chi connectivity index (χ4v) is 11.0. The molecular weight excluding hydrogens is 941 g/mol. The summed E-state index contributed by atoms with van der Waals surface area (Å²) in [6.45, 7) is 4.19. The molecule has 0 unspecified atom stereocenters. The Morgan fingerprint density at radius 3 is 1.14 bits per heavy atom. The number of hydrogen-bond donors (Lipinski definition) is 0. The smallest absolute Gasteiger partial charge is 0.151 e. The van der Waals surface area contributed by atoms with E-state index in [1.54, 1.807) is 0 Å². The molecule has 364 valence electrons. The van der Waals surface area contributed by atoms with Gasteiger partial charge >= 0.3 is 0 Å². The summed E-state index contributed by atoms with van der Waals surface area (Å²) in [5.41, 5.74) is 17.9. The van der Waals surface area contributed by atoms with Gasteiger partial charge in [0.15, 0.2) is 11.5 Å². The lowest BCUT2D eigenvalue weighted by atomic mass is 9.90. The van der Waals surface area contributed by atoms with Crippen LogP contribution in [0, 0.1) is 36.5 Å². The van der Waals surface area contributed by atoms with Crippen molar-refractivity contribution in [2.45, 2.75) is 13.8 Å². The molecular formula is C70H48N6O. The van der Waals surface area contributed by atoms with E-state index in [1.807, 2.05) is 84.9 Å².